The van der Waals surface area contributed by atoms with Crippen molar-refractivity contribution in [1.82, 2.24) is 25.0 Å². The molecule has 35 heavy (non-hydrogen) atoms. The van der Waals surface area contributed by atoms with Crippen LogP contribution in [0, 0.1) is 0 Å². The monoisotopic (exact) mass is 523 g/mol. The largest absolute Gasteiger partial charge is 0.460 e. The molecule has 0 radical (unpaired) electrons. The summed E-state index contributed by atoms with van der Waals surface area (Å²) in [4.78, 5) is 50.7. The lowest BCUT2D eigenvalue weighted by Gasteiger charge is -2.19. The molecule has 186 valence electrons. The number of nitrogens with zero attached hydrogens (tertiary/aromatic N) is 3. The van der Waals surface area contributed by atoms with Crippen molar-refractivity contribution >= 4 is 29.2 Å². The van der Waals surface area contributed by atoms with E-state index in [1.54, 1.807) is 20.8 Å². The Bertz CT molecular complexity index is 1430. The number of halogens is 2. The summed E-state index contributed by atoms with van der Waals surface area (Å²) in [7, 11) is 0. The van der Waals surface area contributed by atoms with Crippen molar-refractivity contribution in [3.63, 3.8) is 0 Å². The molecule has 0 aliphatic carbocycles. The minimum atomic E-state index is -0.868. The number of nitrogens with one attached hydrogen (secondary N) is 2. The third-order valence-electron chi connectivity index (χ3n) is 4.49. The van der Waals surface area contributed by atoms with Gasteiger partial charge in [-0.2, -0.15) is 9.78 Å². The van der Waals surface area contributed by atoms with Crippen LogP contribution in [0.15, 0.2) is 32.6 Å². The summed E-state index contributed by atoms with van der Waals surface area (Å²) in [5.41, 5.74) is -2.45. The lowest BCUT2D eigenvalue weighted by molar-refractivity contribution is -0.154. The van der Waals surface area contributed by atoms with E-state index in [4.69, 9.17) is 32.7 Å². The molecule has 2 heterocycles. The number of hydrogen-bond acceptors (Lipinski definition) is 8. The third-order valence-corrected chi connectivity index (χ3v) is 5.05. The first-order valence-electron chi connectivity index (χ1n) is 10.5. The van der Waals surface area contributed by atoms with Crippen LogP contribution in [0.25, 0.3) is 5.69 Å². The maximum atomic E-state index is 12.4. The molecular formula is C22H23Cl2N5O6. The van der Waals surface area contributed by atoms with Crippen LogP contribution in [-0.2, 0) is 16.0 Å². The number of hydrogen-bond donors (Lipinski definition) is 2. The number of ether oxygens (including phenoxy) is 2. The Morgan fingerprint density at radius 3 is 2.29 bits per heavy atom. The van der Waals surface area contributed by atoms with Crippen LogP contribution in [0.2, 0.25) is 10.0 Å². The van der Waals surface area contributed by atoms with Crippen LogP contribution >= 0.6 is 23.2 Å². The second-order valence-corrected chi connectivity index (χ2v) is 9.68. The molecule has 0 aliphatic heterocycles. The predicted molar refractivity (Wildman–Crippen MR) is 129 cm³/mol. The van der Waals surface area contributed by atoms with Crippen LogP contribution in [0.5, 0.6) is 11.6 Å². The summed E-state index contributed by atoms with van der Waals surface area (Å²) in [5.74, 6) is -0.679. The zero-order valence-electron chi connectivity index (χ0n) is 19.6. The van der Waals surface area contributed by atoms with Gasteiger partial charge in [0.15, 0.2) is 5.75 Å². The van der Waals surface area contributed by atoms with Gasteiger partial charge < -0.3 is 9.47 Å². The van der Waals surface area contributed by atoms with Crippen LogP contribution < -0.4 is 21.5 Å². The number of benzene rings is 1. The number of aromatic amines is 2. The van der Waals surface area contributed by atoms with Crippen molar-refractivity contribution in [2.75, 3.05) is 0 Å². The number of rotatable bonds is 6. The fourth-order valence-corrected chi connectivity index (χ4v) is 3.54. The fraction of sp³-hybridized carbons (Fsp3) is 0.364. The highest BCUT2D eigenvalue weighted by molar-refractivity contribution is 6.37. The molecule has 0 unspecified atom stereocenters. The topological polar surface area (TPSA) is 149 Å². The van der Waals surface area contributed by atoms with E-state index >= 15 is 0 Å². The summed E-state index contributed by atoms with van der Waals surface area (Å²) >= 11 is 12.7. The summed E-state index contributed by atoms with van der Waals surface area (Å²) in [5, 5.41) is 10.2. The van der Waals surface area contributed by atoms with E-state index in [9.17, 15) is 19.2 Å². The molecule has 0 atom stereocenters. The Labute approximate surface area is 209 Å². The molecule has 0 aliphatic rings. The number of carbonyl (C=O) groups excluding carboxylic acids is 1. The van der Waals surface area contributed by atoms with Gasteiger partial charge in [0.05, 0.1) is 22.2 Å². The molecule has 0 saturated heterocycles. The van der Waals surface area contributed by atoms with Gasteiger partial charge in [0, 0.05) is 11.6 Å². The molecule has 1 aromatic carbocycles. The second-order valence-electron chi connectivity index (χ2n) is 8.87. The van der Waals surface area contributed by atoms with E-state index in [0.717, 1.165) is 4.68 Å². The Balaban J connectivity index is 1.97. The van der Waals surface area contributed by atoms with Crippen molar-refractivity contribution in [1.29, 1.82) is 0 Å². The Hall–Kier alpha value is -3.44. The van der Waals surface area contributed by atoms with E-state index in [2.05, 4.69) is 20.3 Å². The van der Waals surface area contributed by atoms with Crippen molar-refractivity contribution < 1.29 is 14.3 Å². The highest BCUT2D eigenvalue weighted by atomic mass is 35.5. The molecule has 13 heteroatoms. The highest BCUT2D eigenvalue weighted by Crippen LogP contribution is 2.37. The standard InChI is InChI=1S/C22H23Cl2N5O6/c1-10(2)12-8-16(26-27-19(12)31)34-18-13(23)6-11(7-14(18)24)29-21(33)25-20(32)15(28-29)9-17(30)35-22(3,4)5/h6-8,10H,9H2,1-5H3,(H,27,31)(H,25,32,33). The van der Waals surface area contributed by atoms with E-state index < -0.39 is 29.2 Å². The SMILES string of the molecule is CC(C)c1cc(Oc2c(Cl)cc(-n3nc(CC(=O)OC(C)(C)C)c(=O)[nH]c3=O)cc2Cl)n[nH]c1=O. The van der Waals surface area contributed by atoms with Gasteiger partial charge in [-0.05, 0) is 38.8 Å². The maximum Gasteiger partial charge on any atom is 0.349 e. The average Bonchev–Trinajstić information content (AvgIpc) is 2.72. The van der Waals surface area contributed by atoms with Crippen LogP contribution in [0.1, 0.15) is 51.8 Å². The minimum absolute atomic E-state index is 0.000175. The smallest absolute Gasteiger partial charge is 0.349 e. The third kappa shape index (κ3) is 6.37. The van der Waals surface area contributed by atoms with Crippen LogP contribution in [0.3, 0.4) is 0 Å². The molecule has 2 N–H and O–H groups in total. The van der Waals surface area contributed by atoms with Crippen molar-refractivity contribution in [2.24, 2.45) is 0 Å². The van der Waals surface area contributed by atoms with Gasteiger partial charge in [-0.3, -0.25) is 19.4 Å². The van der Waals surface area contributed by atoms with Gasteiger partial charge in [0.1, 0.15) is 11.3 Å². The van der Waals surface area contributed by atoms with Crippen LogP contribution in [-0.4, -0.2) is 36.5 Å². The quantitative estimate of drug-likeness (QED) is 0.468. The second kappa shape index (κ2) is 10.0. The van der Waals surface area contributed by atoms with Crippen LogP contribution in [0.4, 0.5) is 0 Å². The molecule has 0 saturated carbocycles. The van der Waals surface area contributed by atoms with Gasteiger partial charge in [-0.25, -0.2) is 9.89 Å². The fourth-order valence-electron chi connectivity index (χ4n) is 2.99. The first-order chi connectivity index (χ1) is 16.2. The van der Waals surface area contributed by atoms with E-state index in [-0.39, 0.29) is 44.5 Å². The molecular weight excluding hydrogens is 501 g/mol. The highest BCUT2D eigenvalue weighted by Gasteiger charge is 2.21. The van der Waals surface area contributed by atoms with Crippen molar-refractivity contribution in [3.05, 3.63) is 70.7 Å². The van der Waals surface area contributed by atoms with Gasteiger partial charge in [0.25, 0.3) is 11.1 Å². The zero-order valence-corrected chi connectivity index (χ0v) is 21.1. The van der Waals surface area contributed by atoms with Crippen molar-refractivity contribution in [2.45, 2.75) is 52.6 Å². The molecule has 0 spiro atoms. The Morgan fingerprint density at radius 2 is 1.71 bits per heavy atom. The number of aromatic nitrogens is 5. The average molecular weight is 524 g/mol. The van der Waals surface area contributed by atoms with Crippen molar-refractivity contribution in [3.8, 4) is 17.3 Å². The molecule has 2 aromatic heterocycles. The summed E-state index contributed by atoms with van der Waals surface area (Å²) in [6, 6.07) is 4.14. The van der Waals surface area contributed by atoms with Gasteiger partial charge in [-0.1, -0.05) is 37.0 Å². The van der Waals surface area contributed by atoms with E-state index in [0.29, 0.717) is 5.56 Å². The molecule has 3 aromatic rings. The summed E-state index contributed by atoms with van der Waals surface area (Å²) < 4.78 is 11.7. The molecule has 0 fully saturated rings. The molecule has 0 amide bonds. The van der Waals surface area contributed by atoms with Gasteiger partial charge >= 0.3 is 11.7 Å². The predicted octanol–water partition coefficient (Wildman–Crippen LogP) is 3.11. The number of esters is 1. The van der Waals surface area contributed by atoms with E-state index in [1.165, 1.54) is 18.2 Å². The molecule has 0 bridgehead atoms. The van der Waals surface area contributed by atoms with Gasteiger partial charge in [0.2, 0.25) is 5.88 Å². The Kier molecular flexibility index (Phi) is 7.51. The molecule has 11 nitrogen and oxygen atoms in total. The minimum Gasteiger partial charge on any atom is -0.460 e. The number of carbonyl (C=O) groups is 1. The Morgan fingerprint density at radius 1 is 1.09 bits per heavy atom. The first kappa shape index (κ1) is 26.2. The first-order valence-corrected chi connectivity index (χ1v) is 11.2. The van der Waals surface area contributed by atoms with Gasteiger partial charge in [-0.15, -0.1) is 5.10 Å². The maximum absolute atomic E-state index is 12.4. The summed E-state index contributed by atoms with van der Waals surface area (Å²) in [6.45, 7) is 8.74. The lowest BCUT2D eigenvalue weighted by atomic mass is 10.1. The van der Waals surface area contributed by atoms with E-state index in [1.807, 2.05) is 13.8 Å². The zero-order chi connectivity index (χ0) is 26.1. The lowest BCUT2D eigenvalue weighted by Crippen LogP contribution is -2.35. The molecule has 3 rings (SSSR count). The summed E-state index contributed by atoms with van der Waals surface area (Å²) in [6.07, 6.45) is -0.453. The normalized spacial score (nSPS) is 11.5. The number of H-pyrrole nitrogens is 2.